The molecule has 2 rings (SSSR count). The summed E-state index contributed by atoms with van der Waals surface area (Å²) in [6, 6.07) is 8.28. The molecule has 0 radical (unpaired) electrons. The highest BCUT2D eigenvalue weighted by molar-refractivity contribution is 5.98. The number of carbonyl (C=O) groups is 1. The lowest BCUT2D eigenvalue weighted by Crippen LogP contribution is -2.04. The van der Waals surface area contributed by atoms with Crippen molar-refractivity contribution < 1.29 is 4.79 Å². The number of carbonyl (C=O) groups excluding carboxylic acids is 1. The zero-order chi connectivity index (χ0) is 14.0. The van der Waals surface area contributed by atoms with Crippen molar-refractivity contribution >= 4 is 5.78 Å². The molecule has 1 heterocycles. The van der Waals surface area contributed by atoms with Crippen molar-refractivity contribution in [2.75, 3.05) is 0 Å². The van der Waals surface area contributed by atoms with E-state index in [1.807, 2.05) is 26.1 Å². The fourth-order valence-corrected chi connectivity index (χ4v) is 2.17. The van der Waals surface area contributed by atoms with Crippen LogP contribution in [0.4, 0.5) is 0 Å². The minimum absolute atomic E-state index is 0.128. The highest BCUT2D eigenvalue weighted by Crippen LogP contribution is 2.16. The van der Waals surface area contributed by atoms with Gasteiger partial charge in [-0.15, -0.1) is 0 Å². The summed E-state index contributed by atoms with van der Waals surface area (Å²) >= 11 is 0. The van der Waals surface area contributed by atoms with E-state index in [4.69, 9.17) is 0 Å². The van der Waals surface area contributed by atoms with Crippen molar-refractivity contribution in [3.05, 3.63) is 52.8 Å². The van der Waals surface area contributed by atoms with Gasteiger partial charge in [0.15, 0.2) is 5.78 Å². The van der Waals surface area contributed by atoms with E-state index in [1.54, 1.807) is 10.9 Å². The van der Waals surface area contributed by atoms with Gasteiger partial charge in [-0.2, -0.15) is 5.10 Å². The maximum Gasteiger partial charge on any atom is 0.170 e. The zero-order valence-corrected chi connectivity index (χ0v) is 12.0. The lowest BCUT2D eigenvalue weighted by molar-refractivity contribution is 0.0992. The standard InChI is InChI=1S/C16H20N2O/c1-11(2)14-7-5-13(6-8-14)9-16(19)15-10-18(4)17-12(15)3/h5-8,10-11H,9H2,1-4H3. The molecule has 0 aliphatic rings. The van der Waals surface area contributed by atoms with Crippen LogP contribution in [-0.4, -0.2) is 15.6 Å². The van der Waals surface area contributed by atoms with Gasteiger partial charge in [-0.3, -0.25) is 9.48 Å². The average Bonchev–Trinajstić information content (AvgIpc) is 2.69. The second-order valence-corrected chi connectivity index (χ2v) is 5.30. The number of Topliss-reactive ketones (excluding diaryl/α,β-unsaturated/α-hetero) is 1. The Kier molecular flexibility index (Phi) is 3.84. The first-order valence-electron chi connectivity index (χ1n) is 6.59. The molecule has 3 heteroatoms. The number of nitrogens with zero attached hydrogens (tertiary/aromatic N) is 2. The van der Waals surface area contributed by atoms with E-state index >= 15 is 0 Å². The van der Waals surface area contributed by atoms with Crippen LogP contribution in [0.2, 0.25) is 0 Å². The summed E-state index contributed by atoms with van der Waals surface area (Å²) in [5.74, 6) is 0.646. The Bertz CT molecular complexity index is 579. The van der Waals surface area contributed by atoms with E-state index in [2.05, 4.69) is 31.1 Å². The Balaban J connectivity index is 2.13. The van der Waals surface area contributed by atoms with Crippen molar-refractivity contribution in [2.24, 2.45) is 7.05 Å². The van der Waals surface area contributed by atoms with E-state index < -0.39 is 0 Å². The maximum absolute atomic E-state index is 12.2. The lowest BCUT2D eigenvalue weighted by Gasteiger charge is -2.06. The molecule has 0 bridgehead atoms. The van der Waals surface area contributed by atoms with Crippen LogP contribution >= 0.6 is 0 Å². The predicted molar refractivity (Wildman–Crippen MR) is 76.5 cm³/mol. The van der Waals surface area contributed by atoms with Gasteiger partial charge in [-0.25, -0.2) is 0 Å². The molecular weight excluding hydrogens is 236 g/mol. The summed E-state index contributed by atoms with van der Waals surface area (Å²) in [5, 5.41) is 4.21. The summed E-state index contributed by atoms with van der Waals surface area (Å²) in [6.07, 6.45) is 2.23. The molecule has 100 valence electrons. The van der Waals surface area contributed by atoms with Gasteiger partial charge in [0.05, 0.1) is 11.3 Å². The van der Waals surface area contributed by atoms with Crippen LogP contribution in [0.25, 0.3) is 0 Å². The molecule has 0 saturated heterocycles. The Morgan fingerprint density at radius 1 is 1.26 bits per heavy atom. The largest absolute Gasteiger partial charge is 0.294 e. The van der Waals surface area contributed by atoms with Gasteiger partial charge < -0.3 is 0 Å². The fraction of sp³-hybridized carbons (Fsp3) is 0.375. The molecule has 1 aromatic carbocycles. The summed E-state index contributed by atoms with van der Waals surface area (Å²) in [5.41, 5.74) is 3.87. The molecule has 0 fully saturated rings. The average molecular weight is 256 g/mol. The number of hydrogen-bond donors (Lipinski definition) is 0. The van der Waals surface area contributed by atoms with Crippen LogP contribution in [0, 0.1) is 6.92 Å². The molecule has 1 aromatic heterocycles. The molecule has 0 spiro atoms. The van der Waals surface area contributed by atoms with Crippen molar-refractivity contribution in [1.82, 2.24) is 9.78 Å². The maximum atomic E-state index is 12.2. The van der Waals surface area contributed by atoms with Crippen molar-refractivity contribution in [1.29, 1.82) is 0 Å². The highest BCUT2D eigenvalue weighted by atomic mass is 16.1. The summed E-state index contributed by atoms with van der Waals surface area (Å²) in [4.78, 5) is 12.2. The van der Waals surface area contributed by atoms with Gasteiger partial charge in [0, 0.05) is 19.7 Å². The normalized spacial score (nSPS) is 11.0. The minimum atomic E-state index is 0.128. The highest BCUT2D eigenvalue weighted by Gasteiger charge is 2.13. The molecular formula is C16H20N2O. The van der Waals surface area contributed by atoms with Gasteiger partial charge in [0.25, 0.3) is 0 Å². The van der Waals surface area contributed by atoms with Gasteiger partial charge in [0.1, 0.15) is 0 Å². The molecule has 0 atom stereocenters. The third-order valence-electron chi connectivity index (χ3n) is 3.32. The summed E-state index contributed by atoms with van der Waals surface area (Å²) in [7, 11) is 1.83. The molecule has 0 N–H and O–H groups in total. The molecule has 3 nitrogen and oxygen atoms in total. The summed E-state index contributed by atoms with van der Waals surface area (Å²) < 4.78 is 1.68. The number of rotatable bonds is 4. The third kappa shape index (κ3) is 3.11. The fourth-order valence-electron chi connectivity index (χ4n) is 2.17. The first kappa shape index (κ1) is 13.5. The van der Waals surface area contributed by atoms with E-state index in [-0.39, 0.29) is 5.78 Å². The Morgan fingerprint density at radius 2 is 1.89 bits per heavy atom. The van der Waals surface area contributed by atoms with Crippen molar-refractivity contribution in [3.63, 3.8) is 0 Å². The lowest BCUT2D eigenvalue weighted by atomic mass is 9.98. The van der Waals surface area contributed by atoms with Crippen molar-refractivity contribution in [3.8, 4) is 0 Å². The first-order valence-corrected chi connectivity index (χ1v) is 6.59. The van der Waals surface area contributed by atoms with E-state index in [9.17, 15) is 4.79 Å². The predicted octanol–water partition coefficient (Wildman–Crippen LogP) is 3.28. The Morgan fingerprint density at radius 3 is 2.37 bits per heavy atom. The van der Waals surface area contributed by atoms with Gasteiger partial charge in [-0.05, 0) is 24.0 Å². The molecule has 0 amide bonds. The van der Waals surface area contributed by atoms with Crippen LogP contribution in [-0.2, 0) is 13.5 Å². The van der Waals surface area contributed by atoms with Gasteiger partial charge in [-0.1, -0.05) is 38.1 Å². The number of hydrogen-bond acceptors (Lipinski definition) is 2. The first-order chi connectivity index (χ1) is 8.97. The molecule has 0 saturated carbocycles. The SMILES string of the molecule is Cc1nn(C)cc1C(=O)Cc1ccc(C(C)C)cc1. The smallest absolute Gasteiger partial charge is 0.170 e. The van der Waals surface area contributed by atoms with Crippen LogP contribution in [0.1, 0.15) is 46.9 Å². The van der Waals surface area contributed by atoms with Gasteiger partial charge >= 0.3 is 0 Å². The molecule has 0 aliphatic heterocycles. The quantitative estimate of drug-likeness (QED) is 0.787. The van der Waals surface area contributed by atoms with Gasteiger partial charge in [0.2, 0.25) is 0 Å². The number of aromatic nitrogens is 2. The topological polar surface area (TPSA) is 34.9 Å². The molecule has 19 heavy (non-hydrogen) atoms. The number of ketones is 1. The number of benzene rings is 1. The molecule has 2 aromatic rings. The van der Waals surface area contributed by atoms with E-state index in [0.717, 1.165) is 16.8 Å². The Hall–Kier alpha value is -1.90. The van der Waals surface area contributed by atoms with Crippen LogP contribution in [0.15, 0.2) is 30.5 Å². The van der Waals surface area contributed by atoms with Crippen LogP contribution < -0.4 is 0 Å². The second-order valence-electron chi connectivity index (χ2n) is 5.30. The van der Waals surface area contributed by atoms with E-state index in [1.165, 1.54) is 5.56 Å². The van der Waals surface area contributed by atoms with Crippen molar-refractivity contribution in [2.45, 2.75) is 33.1 Å². The van der Waals surface area contributed by atoms with Crippen LogP contribution in [0.5, 0.6) is 0 Å². The monoisotopic (exact) mass is 256 g/mol. The second kappa shape index (κ2) is 5.39. The number of aryl methyl sites for hydroxylation is 2. The molecule has 0 unspecified atom stereocenters. The van der Waals surface area contributed by atoms with Crippen LogP contribution in [0.3, 0.4) is 0 Å². The van der Waals surface area contributed by atoms with E-state index in [0.29, 0.717) is 12.3 Å². The molecule has 0 aliphatic carbocycles. The zero-order valence-electron chi connectivity index (χ0n) is 12.0. The third-order valence-corrected chi connectivity index (χ3v) is 3.32. The minimum Gasteiger partial charge on any atom is -0.294 e. The Labute approximate surface area is 114 Å². The summed E-state index contributed by atoms with van der Waals surface area (Å²) in [6.45, 7) is 6.20.